The Morgan fingerprint density at radius 2 is 1.72 bits per heavy atom. The highest BCUT2D eigenvalue weighted by atomic mass is 15.0. The van der Waals surface area contributed by atoms with Crippen molar-refractivity contribution in [1.82, 2.24) is 4.90 Å². The van der Waals surface area contributed by atoms with Gasteiger partial charge in [0.15, 0.2) is 0 Å². The fraction of sp³-hybridized carbons (Fsp3) is 0.250. The van der Waals surface area contributed by atoms with Gasteiger partial charge in [0, 0.05) is 18.4 Å². The van der Waals surface area contributed by atoms with E-state index < -0.39 is 0 Å². The molecule has 0 radical (unpaired) electrons. The summed E-state index contributed by atoms with van der Waals surface area (Å²) < 4.78 is 0. The van der Waals surface area contributed by atoms with Crippen LogP contribution in [0, 0.1) is 5.92 Å². The second kappa shape index (κ2) is 6.85. The van der Waals surface area contributed by atoms with Crippen molar-refractivity contribution in [2.45, 2.75) is 12.3 Å². The smallest absolute Gasteiger partial charge is 0.0224 e. The van der Waals surface area contributed by atoms with E-state index in [1.807, 2.05) is 0 Å². The van der Waals surface area contributed by atoms with Crippen molar-refractivity contribution in [1.29, 1.82) is 0 Å². The number of hydrogen-bond donors (Lipinski definition) is 0. The largest absolute Gasteiger partial charge is 0.305 e. The summed E-state index contributed by atoms with van der Waals surface area (Å²) in [5.74, 6) is 0.895. The molecule has 0 spiro atoms. The van der Waals surface area contributed by atoms with Crippen LogP contribution in [0.25, 0.3) is 6.08 Å². The van der Waals surface area contributed by atoms with E-state index >= 15 is 0 Å². The normalized spacial score (nSPS) is 21.9. The predicted octanol–water partition coefficient (Wildman–Crippen LogP) is 5.28. The molecule has 0 aromatic heterocycles. The van der Waals surface area contributed by atoms with E-state index in [-0.39, 0.29) is 0 Å². The summed E-state index contributed by atoms with van der Waals surface area (Å²) in [6.07, 6.45) is 10.6. The second-order valence-corrected chi connectivity index (χ2v) is 7.38. The molecule has 0 bridgehead atoms. The van der Waals surface area contributed by atoms with Crippen LogP contribution in [0.3, 0.4) is 0 Å². The van der Waals surface area contributed by atoms with Gasteiger partial charge in [0.2, 0.25) is 0 Å². The number of fused-ring (bicyclic) bond motifs is 1. The SMILES string of the molecule is CN(C)CC1=CC(C2=Cc3ccccc3C(c3ccccc3)C2)C=C1. The molecule has 0 aliphatic heterocycles. The van der Waals surface area contributed by atoms with E-state index in [0.29, 0.717) is 11.8 Å². The van der Waals surface area contributed by atoms with Crippen LogP contribution in [0.5, 0.6) is 0 Å². The lowest BCUT2D eigenvalue weighted by Gasteiger charge is -2.28. The molecular formula is C24H25N. The van der Waals surface area contributed by atoms with Crippen molar-refractivity contribution >= 4 is 6.08 Å². The number of nitrogens with zero attached hydrogens (tertiary/aromatic N) is 1. The van der Waals surface area contributed by atoms with E-state index in [1.54, 1.807) is 0 Å². The van der Waals surface area contributed by atoms with Gasteiger partial charge in [0.05, 0.1) is 0 Å². The van der Waals surface area contributed by atoms with E-state index in [4.69, 9.17) is 0 Å². The Kier molecular flexibility index (Phi) is 4.42. The molecule has 0 saturated carbocycles. The highest BCUT2D eigenvalue weighted by Crippen LogP contribution is 2.42. The van der Waals surface area contributed by atoms with Gasteiger partial charge in [0.1, 0.15) is 0 Å². The van der Waals surface area contributed by atoms with Gasteiger partial charge in [0.25, 0.3) is 0 Å². The zero-order valence-corrected chi connectivity index (χ0v) is 15.0. The molecule has 0 fully saturated rings. The van der Waals surface area contributed by atoms with Crippen LogP contribution in [0.2, 0.25) is 0 Å². The first kappa shape index (κ1) is 16.1. The maximum absolute atomic E-state index is 2.43. The standard InChI is InChI=1S/C24H25N/c1-25(2)17-18-12-13-20(14-18)22-15-21-10-6-7-11-23(21)24(16-22)19-8-4-3-5-9-19/h3-15,20,24H,16-17H2,1-2H3. The van der Waals surface area contributed by atoms with Crippen molar-refractivity contribution in [2.24, 2.45) is 5.92 Å². The van der Waals surface area contributed by atoms with E-state index in [1.165, 1.54) is 27.8 Å². The molecule has 0 heterocycles. The molecule has 4 rings (SSSR count). The van der Waals surface area contributed by atoms with E-state index in [9.17, 15) is 0 Å². The molecule has 0 amide bonds. The summed E-state index contributed by atoms with van der Waals surface area (Å²) in [5, 5.41) is 0. The lowest BCUT2D eigenvalue weighted by molar-refractivity contribution is 0.449. The van der Waals surface area contributed by atoms with Crippen molar-refractivity contribution in [2.75, 3.05) is 20.6 Å². The number of likely N-dealkylation sites (N-methyl/N-ethyl adjacent to an activating group) is 1. The summed E-state index contributed by atoms with van der Waals surface area (Å²) >= 11 is 0. The van der Waals surface area contributed by atoms with Gasteiger partial charge < -0.3 is 4.90 Å². The third-order valence-corrected chi connectivity index (χ3v) is 5.19. The molecule has 0 N–H and O–H groups in total. The van der Waals surface area contributed by atoms with Gasteiger partial charge in [-0.1, -0.05) is 84.5 Å². The fourth-order valence-electron chi connectivity index (χ4n) is 4.05. The molecule has 2 aromatic carbocycles. The molecule has 0 saturated heterocycles. The number of rotatable bonds is 4. The van der Waals surface area contributed by atoms with E-state index in [2.05, 4.69) is 97.9 Å². The van der Waals surface area contributed by atoms with Gasteiger partial charge in [-0.2, -0.15) is 0 Å². The van der Waals surface area contributed by atoms with Crippen LogP contribution >= 0.6 is 0 Å². The maximum Gasteiger partial charge on any atom is 0.0224 e. The molecule has 2 atom stereocenters. The van der Waals surface area contributed by atoms with Crippen molar-refractivity contribution in [3.05, 3.63) is 101 Å². The lowest BCUT2D eigenvalue weighted by Crippen LogP contribution is -2.14. The number of benzene rings is 2. The molecule has 2 aliphatic carbocycles. The summed E-state index contributed by atoms with van der Waals surface area (Å²) in [7, 11) is 4.26. The average Bonchev–Trinajstić information content (AvgIpc) is 3.09. The van der Waals surface area contributed by atoms with Gasteiger partial charge in [-0.3, -0.25) is 0 Å². The second-order valence-electron chi connectivity index (χ2n) is 7.38. The highest BCUT2D eigenvalue weighted by molar-refractivity contribution is 5.64. The van der Waals surface area contributed by atoms with Crippen molar-refractivity contribution < 1.29 is 0 Å². The predicted molar refractivity (Wildman–Crippen MR) is 107 cm³/mol. The minimum atomic E-state index is 0.439. The lowest BCUT2D eigenvalue weighted by atomic mass is 9.76. The highest BCUT2D eigenvalue weighted by Gasteiger charge is 2.26. The monoisotopic (exact) mass is 327 g/mol. The molecule has 1 heteroatoms. The minimum Gasteiger partial charge on any atom is -0.305 e. The Morgan fingerprint density at radius 1 is 0.960 bits per heavy atom. The maximum atomic E-state index is 2.43. The molecule has 2 aliphatic rings. The zero-order chi connectivity index (χ0) is 17.2. The van der Waals surface area contributed by atoms with Gasteiger partial charge >= 0.3 is 0 Å². The molecular weight excluding hydrogens is 302 g/mol. The topological polar surface area (TPSA) is 3.24 Å². The third kappa shape index (κ3) is 3.38. The first-order chi connectivity index (χ1) is 12.2. The Bertz CT molecular complexity index is 839. The first-order valence-corrected chi connectivity index (χ1v) is 9.08. The van der Waals surface area contributed by atoms with Gasteiger partial charge in [-0.15, -0.1) is 0 Å². The Morgan fingerprint density at radius 3 is 2.52 bits per heavy atom. The average molecular weight is 327 g/mol. The quantitative estimate of drug-likeness (QED) is 0.738. The molecule has 126 valence electrons. The Labute approximate surface area is 151 Å². The van der Waals surface area contributed by atoms with Crippen LogP contribution < -0.4 is 0 Å². The van der Waals surface area contributed by atoms with Crippen LogP contribution in [0.1, 0.15) is 29.0 Å². The van der Waals surface area contributed by atoms with Gasteiger partial charge in [-0.05, 0) is 42.8 Å². The molecule has 25 heavy (non-hydrogen) atoms. The van der Waals surface area contributed by atoms with Crippen LogP contribution in [0.15, 0.2) is 84.0 Å². The Balaban J connectivity index is 1.68. The fourth-order valence-corrected chi connectivity index (χ4v) is 4.05. The third-order valence-electron chi connectivity index (χ3n) is 5.19. The van der Waals surface area contributed by atoms with Gasteiger partial charge in [-0.25, -0.2) is 0 Å². The minimum absolute atomic E-state index is 0.439. The summed E-state index contributed by atoms with van der Waals surface area (Å²) in [4.78, 5) is 2.23. The van der Waals surface area contributed by atoms with Crippen molar-refractivity contribution in [3.63, 3.8) is 0 Å². The summed E-state index contributed by atoms with van der Waals surface area (Å²) in [6.45, 7) is 1.01. The molecule has 2 unspecified atom stereocenters. The number of allylic oxidation sites excluding steroid dienone is 3. The van der Waals surface area contributed by atoms with Crippen molar-refractivity contribution in [3.8, 4) is 0 Å². The first-order valence-electron chi connectivity index (χ1n) is 9.08. The van der Waals surface area contributed by atoms with Crippen LogP contribution in [-0.2, 0) is 0 Å². The summed E-state index contributed by atoms with van der Waals surface area (Å²) in [6, 6.07) is 19.8. The van der Waals surface area contributed by atoms with E-state index in [0.717, 1.165) is 13.0 Å². The Hall–Kier alpha value is -2.38. The van der Waals surface area contributed by atoms with Crippen LogP contribution in [0.4, 0.5) is 0 Å². The zero-order valence-electron chi connectivity index (χ0n) is 15.0. The molecule has 1 nitrogen and oxygen atoms in total. The molecule has 2 aromatic rings. The summed E-state index contributed by atoms with van der Waals surface area (Å²) in [5.41, 5.74) is 7.20. The number of hydrogen-bond acceptors (Lipinski definition) is 1. The van der Waals surface area contributed by atoms with Crippen LogP contribution in [-0.4, -0.2) is 25.5 Å².